The lowest BCUT2D eigenvalue weighted by molar-refractivity contribution is 0.0366. The molecule has 0 N–H and O–H groups in total. The topological polar surface area (TPSA) is 82.4 Å². The van der Waals surface area contributed by atoms with Crippen LogP contribution in [0, 0.1) is 17.8 Å². The zero-order valence-electron chi connectivity index (χ0n) is 18.6. The Morgan fingerprint density at radius 3 is 2.53 bits per heavy atom. The molecule has 2 saturated carbocycles. The van der Waals surface area contributed by atoms with Crippen molar-refractivity contribution in [2.24, 2.45) is 17.8 Å². The second kappa shape index (κ2) is 9.88. The molecule has 1 aliphatic heterocycles. The second-order valence-electron chi connectivity index (χ2n) is 9.51. The van der Waals surface area contributed by atoms with Gasteiger partial charge in [0.15, 0.2) is 0 Å². The molecule has 8 heteroatoms. The van der Waals surface area contributed by atoms with Gasteiger partial charge < -0.3 is 14.4 Å². The van der Waals surface area contributed by atoms with E-state index in [0.29, 0.717) is 0 Å². The van der Waals surface area contributed by atoms with Gasteiger partial charge in [0.25, 0.3) is 0 Å². The summed E-state index contributed by atoms with van der Waals surface area (Å²) < 4.78 is 13.3. The van der Waals surface area contributed by atoms with Crippen LogP contribution in [0.4, 0.5) is 4.79 Å². The number of carbonyl (C=O) groups excluding carboxylic acids is 1. The molecule has 1 aromatic carbocycles. The number of aromatic nitrogens is 4. The van der Waals surface area contributed by atoms with Crippen molar-refractivity contribution in [1.82, 2.24) is 25.1 Å². The molecule has 172 valence electrons. The van der Waals surface area contributed by atoms with E-state index in [-0.39, 0.29) is 12.2 Å². The van der Waals surface area contributed by atoms with Crippen molar-refractivity contribution in [3.05, 3.63) is 30.6 Å². The van der Waals surface area contributed by atoms with E-state index in [0.717, 1.165) is 81.0 Å². The SMILES string of the molecule is O=C(OC1CCCCC1)N1CCC([C@H]2C[C@H]2CCOc2ccc(-n3cnnn3)cc2)CC1. The van der Waals surface area contributed by atoms with Crippen molar-refractivity contribution in [2.45, 2.75) is 63.9 Å². The summed E-state index contributed by atoms with van der Waals surface area (Å²) in [5.41, 5.74) is 0.915. The summed E-state index contributed by atoms with van der Waals surface area (Å²) in [6, 6.07) is 7.84. The third kappa shape index (κ3) is 5.22. The Morgan fingerprint density at radius 1 is 1.03 bits per heavy atom. The Balaban J connectivity index is 0.987. The van der Waals surface area contributed by atoms with Gasteiger partial charge in [-0.2, -0.15) is 0 Å². The summed E-state index contributed by atoms with van der Waals surface area (Å²) in [6.45, 7) is 2.45. The van der Waals surface area contributed by atoms with Gasteiger partial charge in [-0.05, 0) is 104 Å². The highest BCUT2D eigenvalue weighted by atomic mass is 16.6. The molecule has 5 rings (SSSR count). The normalized spacial score (nSPS) is 24.3. The lowest BCUT2D eigenvalue weighted by Crippen LogP contribution is -2.41. The van der Waals surface area contributed by atoms with Crippen LogP contribution in [0.3, 0.4) is 0 Å². The number of hydrogen-bond acceptors (Lipinski definition) is 6. The quantitative estimate of drug-likeness (QED) is 0.641. The van der Waals surface area contributed by atoms with Crippen molar-refractivity contribution in [3.8, 4) is 11.4 Å². The van der Waals surface area contributed by atoms with Crippen LogP contribution in [0.15, 0.2) is 30.6 Å². The number of amides is 1. The molecule has 2 heterocycles. The van der Waals surface area contributed by atoms with E-state index in [2.05, 4.69) is 15.5 Å². The number of likely N-dealkylation sites (tertiary alicyclic amines) is 1. The fourth-order valence-electron chi connectivity index (χ4n) is 5.39. The Morgan fingerprint density at radius 2 is 1.81 bits per heavy atom. The van der Waals surface area contributed by atoms with Gasteiger partial charge in [-0.15, -0.1) is 5.10 Å². The van der Waals surface area contributed by atoms with Crippen LogP contribution in [0.5, 0.6) is 5.75 Å². The van der Waals surface area contributed by atoms with Crippen LogP contribution in [0.2, 0.25) is 0 Å². The molecule has 3 aliphatic rings. The van der Waals surface area contributed by atoms with E-state index < -0.39 is 0 Å². The van der Waals surface area contributed by atoms with Gasteiger partial charge in [-0.1, -0.05) is 6.42 Å². The number of ether oxygens (including phenoxy) is 2. The van der Waals surface area contributed by atoms with Gasteiger partial charge >= 0.3 is 6.09 Å². The van der Waals surface area contributed by atoms with Gasteiger partial charge in [0.05, 0.1) is 12.3 Å². The van der Waals surface area contributed by atoms with E-state index in [9.17, 15) is 4.79 Å². The Bertz CT molecular complexity index is 858. The van der Waals surface area contributed by atoms with Crippen molar-refractivity contribution in [3.63, 3.8) is 0 Å². The van der Waals surface area contributed by atoms with E-state index in [1.54, 1.807) is 11.0 Å². The van der Waals surface area contributed by atoms with Gasteiger partial charge in [0.2, 0.25) is 0 Å². The van der Waals surface area contributed by atoms with E-state index in [4.69, 9.17) is 9.47 Å². The maximum Gasteiger partial charge on any atom is 0.410 e. The number of benzene rings is 1. The van der Waals surface area contributed by atoms with E-state index in [1.807, 2.05) is 29.2 Å². The largest absolute Gasteiger partial charge is 0.494 e. The lowest BCUT2D eigenvalue weighted by atomic mass is 9.90. The van der Waals surface area contributed by atoms with Crippen molar-refractivity contribution >= 4 is 6.09 Å². The fraction of sp³-hybridized carbons (Fsp3) is 0.667. The van der Waals surface area contributed by atoms with Crippen LogP contribution >= 0.6 is 0 Å². The highest BCUT2D eigenvalue weighted by Gasteiger charge is 2.43. The van der Waals surface area contributed by atoms with Crippen LogP contribution in [0.1, 0.15) is 57.8 Å². The summed E-state index contributed by atoms with van der Waals surface area (Å²) in [5, 5.41) is 11.2. The van der Waals surface area contributed by atoms with Crippen LogP contribution < -0.4 is 4.74 Å². The highest BCUT2D eigenvalue weighted by molar-refractivity contribution is 5.67. The first kappa shape index (κ1) is 21.2. The first-order valence-corrected chi connectivity index (χ1v) is 12.2. The summed E-state index contributed by atoms with van der Waals surface area (Å²) in [7, 11) is 0. The smallest absolute Gasteiger partial charge is 0.410 e. The average Bonchev–Trinajstić information content (AvgIpc) is 3.39. The molecule has 0 unspecified atom stereocenters. The molecular formula is C24H33N5O3. The van der Waals surface area contributed by atoms with Crippen LogP contribution in [-0.4, -0.2) is 57.0 Å². The highest BCUT2D eigenvalue weighted by Crippen LogP contribution is 2.49. The molecule has 2 atom stereocenters. The predicted octanol–water partition coefficient (Wildman–Crippen LogP) is 4.25. The zero-order valence-corrected chi connectivity index (χ0v) is 18.6. The number of rotatable bonds is 7. The number of piperidine rings is 1. The summed E-state index contributed by atoms with van der Waals surface area (Å²) in [5.74, 6) is 3.19. The molecule has 1 aromatic heterocycles. The van der Waals surface area contributed by atoms with E-state index >= 15 is 0 Å². The maximum absolute atomic E-state index is 12.5. The Hall–Kier alpha value is -2.64. The van der Waals surface area contributed by atoms with Crippen molar-refractivity contribution in [1.29, 1.82) is 0 Å². The van der Waals surface area contributed by atoms with E-state index in [1.165, 1.54) is 25.7 Å². The van der Waals surface area contributed by atoms with Gasteiger partial charge in [0.1, 0.15) is 18.2 Å². The molecule has 0 spiro atoms. The predicted molar refractivity (Wildman–Crippen MR) is 119 cm³/mol. The molecule has 3 fully saturated rings. The summed E-state index contributed by atoms with van der Waals surface area (Å²) in [4.78, 5) is 14.4. The Kier molecular flexibility index (Phi) is 6.55. The minimum atomic E-state index is -0.0813. The van der Waals surface area contributed by atoms with Crippen LogP contribution in [-0.2, 0) is 4.74 Å². The minimum Gasteiger partial charge on any atom is -0.494 e. The third-order valence-electron chi connectivity index (χ3n) is 7.41. The molecule has 1 amide bonds. The van der Waals surface area contributed by atoms with Crippen LogP contribution in [0.25, 0.3) is 5.69 Å². The zero-order chi connectivity index (χ0) is 21.8. The first-order valence-electron chi connectivity index (χ1n) is 12.2. The van der Waals surface area contributed by atoms with Crippen molar-refractivity contribution in [2.75, 3.05) is 19.7 Å². The third-order valence-corrected chi connectivity index (χ3v) is 7.41. The monoisotopic (exact) mass is 439 g/mol. The van der Waals surface area contributed by atoms with Gasteiger partial charge in [-0.3, -0.25) is 0 Å². The minimum absolute atomic E-state index is 0.0813. The second-order valence-corrected chi connectivity index (χ2v) is 9.51. The Labute approximate surface area is 189 Å². The molecule has 2 aliphatic carbocycles. The first-order chi connectivity index (χ1) is 15.8. The number of hydrogen-bond donors (Lipinski definition) is 0. The number of tetrazole rings is 1. The lowest BCUT2D eigenvalue weighted by Gasteiger charge is -2.33. The summed E-state index contributed by atoms with van der Waals surface area (Å²) >= 11 is 0. The maximum atomic E-state index is 12.5. The fourth-order valence-corrected chi connectivity index (χ4v) is 5.39. The van der Waals surface area contributed by atoms with Gasteiger partial charge in [-0.25, -0.2) is 9.48 Å². The van der Waals surface area contributed by atoms with Gasteiger partial charge in [0, 0.05) is 13.1 Å². The summed E-state index contributed by atoms with van der Waals surface area (Å²) in [6.07, 6.45) is 12.0. The molecule has 0 radical (unpaired) electrons. The standard InChI is InChI=1S/C24H33N5O3/c30-24(32-22-4-2-1-3-5-22)28-13-10-18(11-14-28)23-16-19(23)12-15-31-21-8-6-20(7-9-21)29-17-25-26-27-29/h6-9,17-19,22-23H,1-5,10-16H2/t19-,23-/m1/s1. The molecule has 0 bridgehead atoms. The molecule has 2 aromatic rings. The van der Waals surface area contributed by atoms with Crippen molar-refractivity contribution < 1.29 is 14.3 Å². The molecular weight excluding hydrogens is 406 g/mol. The number of carbonyl (C=O) groups is 1. The number of nitrogens with zero attached hydrogens (tertiary/aromatic N) is 5. The molecule has 8 nitrogen and oxygen atoms in total. The average molecular weight is 440 g/mol. The molecule has 1 saturated heterocycles. The molecule has 32 heavy (non-hydrogen) atoms.